The quantitative estimate of drug-likeness (QED) is 0.866. The van der Waals surface area contributed by atoms with Crippen molar-refractivity contribution >= 4 is 44.2 Å². The maximum absolute atomic E-state index is 11.2. The number of rotatable bonds is 2. The zero-order chi connectivity index (χ0) is 13.2. The summed E-state index contributed by atoms with van der Waals surface area (Å²) >= 11 is 6.83. The molecule has 0 saturated carbocycles. The molecular formula is C12H11ClN2O3S. The molecule has 0 radical (unpaired) electrons. The molecule has 1 N–H and O–H groups in total. The second-order valence-electron chi connectivity index (χ2n) is 4.02. The maximum atomic E-state index is 11.2. The van der Waals surface area contributed by atoms with Gasteiger partial charge in [0.2, 0.25) is 5.91 Å². The summed E-state index contributed by atoms with van der Waals surface area (Å²) in [7, 11) is 0. The maximum Gasteiger partial charge on any atom is 0.241 e. The van der Waals surface area contributed by atoms with Gasteiger partial charge in [-0.2, -0.15) is 0 Å². The van der Waals surface area contributed by atoms with Crippen molar-refractivity contribution < 1.29 is 14.3 Å². The Morgan fingerprint density at radius 3 is 2.84 bits per heavy atom. The topological polar surface area (TPSA) is 60.5 Å². The highest BCUT2D eigenvalue weighted by Gasteiger charge is 2.14. The van der Waals surface area contributed by atoms with Crippen LogP contribution in [0.1, 0.15) is 6.42 Å². The highest BCUT2D eigenvalue weighted by atomic mass is 35.5. The lowest BCUT2D eigenvalue weighted by Crippen LogP contribution is -2.11. The van der Waals surface area contributed by atoms with Crippen LogP contribution in [0.25, 0.3) is 10.2 Å². The van der Waals surface area contributed by atoms with Gasteiger partial charge in [-0.25, -0.2) is 4.98 Å². The van der Waals surface area contributed by atoms with E-state index in [0.717, 1.165) is 22.4 Å². The van der Waals surface area contributed by atoms with Gasteiger partial charge in [-0.1, -0.05) is 11.3 Å². The lowest BCUT2D eigenvalue weighted by molar-refractivity contribution is -0.113. The third-order valence-corrected chi connectivity index (χ3v) is 3.80. The van der Waals surface area contributed by atoms with Crippen molar-refractivity contribution in [2.24, 2.45) is 0 Å². The van der Waals surface area contributed by atoms with Gasteiger partial charge >= 0.3 is 0 Å². The fourth-order valence-electron chi connectivity index (χ4n) is 1.79. The number of nitrogens with zero attached hydrogens (tertiary/aromatic N) is 1. The van der Waals surface area contributed by atoms with E-state index in [4.69, 9.17) is 21.1 Å². The molecule has 0 aliphatic carbocycles. The molecule has 1 aromatic carbocycles. The molecule has 0 spiro atoms. The Bertz CT molecular complexity index is 586. The number of thiazole rings is 1. The summed E-state index contributed by atoms with van der Waals surface area (Å²) in [6.07, 6.45) is 0.868. The van der Waals surface area contributed by atoms with E-state index in [-0.39, 0.29) is 11.8 Å². The average molecular weight is 299 g/mol. The van der Waals surface area contributed by atoms with Crippen molar-refractivity contribution in [3.8, 4) is 11.5 Å². The minimum Gasteiger partial charge on any atom is -0.490 e. The van der Waals surface area contributed by atoms with E-state index in [1.165, 1.54) is 11.3 Å². The fourth-order valence-corrected chi connectivity index (χ4v) is 2.75. The second-order valence-corrected chi connectivity index (χ2v) is 5.32. The Morgan fingerprint density at radius 1 is 1.37 bits per heavy atom. The van der Waals surface area contributed by atoms with E-state index in [2.05, 4.69) is 10.3 Å². The Kier molecular flexibility index (Phi) is 3.44. The summed E-state index contributed by atoms with van der Waals surface area (Å²) in [5.74, 6) is 1.07. The Balaban J connectivity index is 1.97. The molecule has 100 valence electrons. The van der Waals surface area contributed by atoms with Gasteiger partial charge in [-0.3, -0.25) is 4.79 Å². The molecular weight excluding hydrogens is 288 g/mol. The molecule has 0 fully saturated rings. The van der Waals surface area contributed by atoms with Crippen LogP contribution in [0.4, 0.5) is 5.13 Å². The standard InChI is InChI=1S/C12H11ClN2O3S/c13-6-11(16)15-12-14-7-4-8-9(5-10(7)19-12)18-3-1-2-17-8/h4-5H,1-3,6H2,(H,14,15,16). The van der Waals surface area contributed by atoms with Gasteiger partial charge in [0.1, 0.15) is 5.88 Å². The van der Waals surface area contributed by atoms with Crippen LogP contribution in [0.2, 0.25) is 0 Å². The SMILES string of the molecule is O=C(CCl)Nc1nc2cc3c(cc2s1)OCCCO3. The van der Waals surface area contributed by atoms with Crippen molar-refractivity contribution in [3.05, 3.63) is 12.1 Å². The number of alkyl halides is 1. The first-order valence-electron chi connectivity index (χ1n) is 5.82. The first-order valence-corrected chi connectivity index (χ1v) is 7.17. The van der Waals surface area contributed by atoms with Crippen LogP contribution < -0.4 is 14.8 Å². The molecule has 0 saturated heterocycles. The number of anilines is 1. The minimum atomic E-state index is -0.269. The predicted molar refractivity (Wildman–Crippen MR) is 74.6 cm³/mol. The van der Waals surface area contributed by atoms with Crippen LogP contribution in [-0.2, 0) is 4.79 Å². The lowest BCUT2D eigenvalue weighted by atomic mass is 10.3. The molecule has 0 atom stereocenters. The number of amides is 1. The third kappa shape index (κ3) is 2.59. The molecule has 2 aromatic rings. The van der Waals surface area contributed by atoms with E-state index >= 15 is 0 Å². The van der Waals surface area contributed by atoms with E-state index in [1.54, 1.807) is 0 Å². The number of ether oxygens (including phenoxy) is 2. The zero-order valence-electron chi connectivity index (χ0n) is 9.94. The lowest BCUT2D eigenvalue weighted by Gasteiger charge is -2.05. The minimum absolute atomic E-state index is 0.0847. The Morgan fingerprint density at radius 2 is 2.11 bits per heavy atom. The van der Waals surface area contributed by atoms with Crippen LogP contribution in [0, 0.1) is 0 Å². The monoisotopic (exact) mass is 298 g/mol. The summed E-state index contributed by atoms with van der Waals surface area (Å²) in [4.78, 5) is 15.6. The summed E-state index contributed by atoms with van der Waals surface area (Å²) < 4.78 is 12.2. The molecule has 1 aromatic heterocycles. The number of hydrogen-bond donors (Lipinski definition) is 1. The van der Waals surface area contributed by atoms with Crippen LogP contribution >= 0.6 is 22.9 Å². The van der Waals surface area contributed by atoms with Gasteiger partial charge in [0.05, 0.1) is 23.4 Å². The number of benzene rings is 1. The number of halogens is 1. The Labute approximate surface area is 118 Å². The van der Waals surface area contributed by atoms with Crippen molar-refractivity contribution in [2.45, 2.75) is 6.42 Å². The van der Waals surface area contributed by atoms with Crippen molar-refractivity contribution in [2.75, 3.05) is 24.4 Å². The van der Waals surface area contributed by atoms with Gasteiger partial charge in [-0.15, -0.1) is 11.6 Å². The number of aromatic nitrogens is 1. The van der Waals surface area contributed by atoms with Gasteiger partial charge in [0.25, 0.3) is 0 Å². The van der Waals surface area contributed by atoms with E-state index in [9.17, 15) is 4.79 Å². The van der Waals surface area contributed by atoms with Crippen LogP contribution in [0.3, 0.4) is 0 Å². The number of fused-ring (bicyclic) bond motifs is 2. The molecule has 7 heteroatoms. The number of nitrogens with one attached hydrogen (secondary N) is 1. The predicted octanol–water partition coefficient (Wildman–Crippen LogP) is 2.63. The normalized spacial score (nSPS) is 14.2. The van der Waals surface area contributed by atoms with Crippen molar-refractivity contribution in [3.63, 3.8) is 0 Å². The van der Waals surface area contributed by atoms with Crippen LogP contribution in [-0.4, -0.2) is 30.0 Å². The van der Waals surface area contributed by atoms with E-state index in [1.807, 2.05) is 12.1 Å². The Hall–Kier alpha value is -1.53. The first kappa shape index (κ1) is 12.5. The zero-order valence-corrected chi connectivity index (χ0v) is 11.5. The van der Waals surface area contributed by atoms with Crippen LogP contribution in [0.5, 0.6) is 11.5 Å². The van der Waals surface area contributed by atoms with E-state index < -0.39 is 0 Å². The first-order chi connectivity index (χ1) is 9.26. The highest BCUT2D eigenvalue weighted by molar-refractivity contribution is 7.22. The van der Waals surface area contributed by atoms with Gasteiger partial charge in [0, 0.05) is 18.6 Å². The molecule has 0 bridgehead atoms. The summed E-state index contributed by atoms with van der Waals surface area (Å²) in [5.41, 5.74) is 0.777. The van der Waals surface area contributed by atoms with E-state index in [0.29, 0.717) is 24.1 Å². The van der Waals surface area contributed by atoms with Crippen LogP contribution in [0.15, 0.2) is 12.1 Å². The average Bonchev–Trinajstić information content (AvgIpc) is 2.63. The van der Waals surface area contributed by atoms with Crippen molar-refractivity contribution in [1.29, 1.82) is 0 Å². The molecule has 5 nitrogen and oxygen atoms in total. The molecule has 3 rings (SSSR count). The summed E-state index contributed by atoms with van der Waals surface area (Å²) in [5, 5.41) is 3.17. The molecule has 2 heterocycles. The third-order valence-electron chi connectivity index (χ3n) is 2.63. The van der Waals surface area contributed by atoms with Gasteiger partial charge in [0.15, 0.2) is 16.6 Å². The summed E-state index contributed by atoms with van der Waals surface area (Å²) in [6, 6.07) is 3.73. The number of carbonyl (C=O) groups is 1. The largest absolute Gasteiger partial charge is 0.490 e. The number of hydrogen-bond acceptors (Lipinski definition) is 5. The molecule has 19 heavy (non-hydrogen) atoms. The van der Waals surface area contributed by atoms with Gasteiger partial charge in [-0.05, 0) is 0 Å². The second kappa shape index (κ2) is 5.22. The molecule has 1 amide bonds. The van der Waals surface area contributed by atoms with Crippen molar-refractivity contribution in [1.82, 2.24) is 4.98 Å². The fraction of sp³-hybridized carbons (Fsp3) is 0.333. The molecule has 1 aliphatic heterocycles. The van der Waals surface area contributed by atoms with Gasteiger partial charge < -0.3 is 14.8 Å². The smallest absolute Gasteiger partial charge is 0.241 e. The summed E-state index contributed by atoms with van der Waals surface area (Å²) in [6.45, 7) is 1.28. The highest BCUT2D eigenvalue weighted by Crippen LogP contribution is 2.37. The number of carbonyl (C=O) groups excluding carboxylic acids is 1. The molecule has 1 aliphatic rings. The molecule has 0 unspecified atom stereocenters.